The summed E-state index contributed by atoms with van der Waals surface area (Å²) < 4.78 is 5.55. The average Bonchev–Trinajstić information content (AvgIpc) is 2.97. The summed E-state index contributed by atoms with van der Waals surface area (Å²) in [7, 11) is 3.60. The Kier molecular flexibility index (Phi) is 3.38. The van der Waals surface area contributed by atoms with Crippen LogP contribution in [0.2, 0.25) is 5.02 Å². The Labute approximate surface area is 141 Å². The maximum absolute atomic E-state index is 6.27. The van der Waals surface area contributed by atoms with Crippen LogP contribution in [0, 0.1) is 5.41 Å². The molecule has 23 heavy (non-hydrogen) atoms. The molecule has 1 aliphatic heterocycles. The third-order valence-corrected chi connectivity index (χ3v) is 6.01. The molecule has 1 aromatic carbocycles. The zero-order chi connectivity index (χ0) is 16.2. The molecule has 0 bridgehead atoms. The van der Waals surface area contributed by atoms with E-state index >= 15 is 0 Å². The monoisotopic (exact) mass is 335 g/mol. The third kappa shape index (κ3) is 2.03. The summed E-state index contributed by atoms with van der Waals surface area (Å²) in [5.41, 5.74) is 7.56. The van der Waals surface area contributed by atoms with Gasteiger partial charge in [0.2, 0.25) is 11.7 Å². The molecule has 4 rings (SSSR count). The van der Waals surface area contributed by atoms with Gasteiger partial charge in [-0.3, -0.25) is 0 Å². The number of aliphatic imine (C=N–C) groups is 1. The number of ether oxygens (including phenoxy) is 1. The summed E-state index contributed by atoms with van der Waals surface area (Å²) in [6.45, 7) is 0. The van der Waals surface area contributed by atoms with Crippen molar-refractivity contribution < 1.29 is 9.57 Å². The maximum Gasteiger partial charge on any atom is 0.220 e. The van der Waals surface area contributed by atoms with Crippen LogP contribution < -0.4 is 5.73 Å². The third-order valence-electron chi connectivity index (χ3n) is 5.77. The van der Waals surface area contributed by atoms with Gasteiger partial charge in [0, 0.05) is 30.2 Å². The lowest BCUT2D eigenvalue weighted by Gasteiger charge is -2.45. The van der Waals surface area contributed by atoms with Crippen molar-refractivity contribution >= 4 is 17.6 Å². The Morgan fingerprint density at radius 3 is 2.74 bits per heavy atom. The molecule has 1 unspecified atom stereocenters. The van der Waals surface area contributed by atoms with Crippen molar-refractivity contribution in [1.82, 2.24) is 5.06 Å². The SMILES string of the molecule is CO[C@H]1CC[C@]2(CC1)Cc1ccc(Cl)cc1C21N=C(N)N(C)O1. The van der Waals surface area contributed by atoms with Crippen molar-refractivity contribution in [2.24, 2.45) is 16.1 Å². The van der Waals surface area contributed by atoms with Crippen molar-refractivity contribution in [3.63, 3.8) is 0 Å². The van der Waals surface area contributed by atoms with E-state index in [0.717, 1.165) is 37.7 Å². The predicted molar refractivity (Wildman–Crippen MR) is 89.0 cm³/mol. The fraction of sp³-hybridized carbons (Fsp3) is 0.588. The van der Waals surface area contributed by atoms with E-state index in [9.17, 15) is 0 Å². The molecule has 6 heteroatoms. The van der Waals surface area contributed by atoms with E-state index in [4.69, 9.17) is 31.9 Å². The zero-order valence-electron chi connectivity index (χ0n) is 13.5. The van der Waals surface area contributed by atoms with Gasteiger partial charge in [0.05, 0.1) is 6.10 Å². The van der Waals surface area contributed by atoms with E-state index in [1.54, 1.807) is 12.2 Å². The highest BCUT2D eigenvalue weighted by molar-refractivity contribution is 6.30. The van der Waals surface area contributed by atoms with Crippen LogP contribution in [0.3, 0.4) is 0 Å². The first kappa shape index (κ1) is 15.2. The normalized spacial score (nSPS) is 35.9. The number of nitrogens with two attached hydrogens (primary N) is 1. The Morgan fingerprint density at radius 2 is 2.13 bits per heavy atom. The highest BCUT2D eigenvalue weighted by Gasteiger charge is 2.63. The number of benzene rings is 1. The predicted octanol–water partition coefficient (Wildman–Crippen LogP) is 2.82. The van der Waals surface area contributed by atoms with Gasteiger partial charge in [-0.1, -0.05) is 17.7 Å². The second-order valence-corrected chi connectivity index (χ2v) is 7.33. The minimum absolute atomic E-state index is 0.0789. The maximum atomic E-state index is 6.27. The first-order valence-electron chi connectivity index (χ1n) is 8.10. The van der Waals surface area contributed by atoms with Gasteiger partial charge < -0.3 is 10.5 Å². The van der Waals surface area contributed by atoms with Crippen LogP contribution in [0.1, 0.15) is 36.8 Å². The summed E-state index contributed by atoms with van der Waals surface area (Å²) in [5, 5.41) is 2.29. The Balaban J connectivity index is 1.82. The van der Waals surface area contributed by atoms with Crippen LogP contribution in [0.4, 0.5) is 0 Å². The smallest absolute Gasteiger partial charge is 0.220 e. The molecular weight excluding hydrogens is 314 g/mol. The standard InChI is InChI=1S/C17H22ClN3O2/c1-21-15(19)20-17(23-21)14-9-12(18)4-3-11(14)10-16(17)7-5-13(22-2)6-8-16/h3-4,9,13H,5-8,10H2,1-2H3,(H2,19,20)/t13-,16-,17?. The number of methoxy groups -OCH3 is 1. The highest BCUT2D eigenvalue weighted by atomic mass is 35.5. The first-order valence-corrected chi connectivity index (χ1v) is 8.47. The van der Waals surface area contributed by atoms with Gasteiger partial charge in [-0.15, -0.1) is 0 Å². The van der Waals surface area contributed by atoms with E-state index in [1.807, 2.05) is 19.2 Å². The largest absolute Gasteiger partial charge is 0.381 e. The molecule has 2 spiro atoms. The second-order valence-electron chi connectivity index (χ2n) is 6.90. The number of guanidine groups is 1. The summed E-state index contributed by atoms with van der Waals surface area (Å²) in [5.74, 6) is 0.422. The van der Waals surface area contributed by atoms with Crippen LogP contribution in [-0.4, -0.2) is 31.3 Å². The molecule has 2 N–H and O–H groups in total. The molecule has 1 fully saturated rings. The van der Waals surface area contributed by atoms with Gasteiger partial charge in [0.25, 0.3) is 0 Å². The zero-order valence-corrected chi connectivity index (χ0v) is 14.3. The molecule has 3 aliphatic rings. The van der Waals surface area contributed by atoms with Crippen molar-refractivity contribution in [3.8, 4) is 0 Å². The summed E-state index contributed by atoms with van der Waals surface area (Å²) in [4.78, 5) is 11.1. The van der Waals surface area contributed by atoms with Crippen molar-refractivity contribution in [2.75, 3.05) is 14.2 Å². The van der Waals surface area contributed by atoms with Gasteiger partial charge in [-0.2, -0.15) is 0 Å². The topological polar surface area (TPSA) is 60.1 Å². The Bertz CT molecular complexity index is 670. The molecule has 1 heterocycles. The van der Waals surface area contributed by atoms with Crippen molar-refractivity contribution in [2.45, 2.75) is 43.9 Å². The quantitative estimate of drug-likeness (QED) is 0.857. The van der Waals surface area contributed by atoms with E-state index < -0.39 is 5.72 Å². The van der Waals surface area contributed by atoms with Crippen LogP contribution in [0.5, 0.6) is 0 Å². The Hall–Kier alpha value is -1.30. The number of nitrogens with zero attached hydrogens (tertiary/aromatic N) is 2. The number of hydroxylamine groups is 2. The Morgan fingerprint density at radius 1 is 1.39 bits per heavy atom. The van der Waals surface area contributed by atoms with Gasteiger partial charge >= 0.3 is 0 Å². The van der Waals surface area contributed by atoms with Crippen LogP contribution in [0.15, 0.2) is 23.2 Å². The second kappa shape index (κ2) is 5.10. The lowest BCUT2D eigenvalue weighted by molar-refractivity contribution is -0.232. The van der Waals surface area contributed by atoms with Crippen LogP contribution in [-0.2, 0) is 21.7 Å². The van der Waals surface area contributed by atoms with Gasteiger partial charge in [0.1, 0.15) is 0 Å². The van der Waals surface area contributed by atoms with Crippen LogP contribution >= 0.6 is 11.6 Å². The average molecular weight is 336 g/mol. The summed E-state index contributed by atoms with van der Waals surface area (Å²) in [6, 6.07) is 6.04. The van der Waals surface area contributed by atoms with E-state index in [-0.39, 0.29) is 5.41 Å². The lowest BCUT2D eigenvalue weighted by Crippen LogP contribution is -2.46. The lowest BCUT2D eigenvalue weighted by atomic mass is 9.66. The first-order chi connectivity index (χ1) is 11.0. The minimum Gasteiger partial charge on any atom is -0.381 e. The fourth-order valence-electron chi connectivity index (χ4n) is 4.51. The van der Waals surface area contributed by atoms with Gasteiger partial charge in [-0.05, 0) is 49.8 Å². The molecule has 5 nitrogen and oxygen atoms in total. The summed E-state index contributed by atoms with van der Waals surface area (Å²) in [6.07, 6.45) is 5.31. The number of rotatable bonds is 1. The number of halogens is 1. The number of hydrogen-bond acceptors (Lipinski definition) is 5. The molecule has 0 radical (unpaired) electrons. The number of hydrogen-bond donors (Lipinski definition) is 1. The van der Waals surface area contributed by atoms with Crippen molar-refractivity contribution in [1.29, 1.82) is 0 Å². The molecule has 1 atom stereocenters. The molecule has 0 amide bonds. The molecule has 0 saturated heterocycles. The molecule has 1 aromatic rings. The number of fused-ring (bicyclic) bond motifs is 3. The fourth-order valence-corrected chi connectivity index (χ4v) is 4.68. The minimum atomic E-state index is -0.745. The van der Waals surface area contributed by atoms with Gasteiger partial charge in [0.15, 0.2) is 0 Å². The molecule has 2 aliphatic carbocycles. The van der Waals surface area contributed by atoms with Crippen molar-refractivity contribution in [3.05, 3.63) is 34.3 Å². The van der Waals surface area contributed by atoms with E-state index in [2.05, 4.69) is 6.07 Å². The molecule has 124 valence electrons. The molecule has 0 aromatic heterocycles. The van der Waals surface area contributed by atoms with Crippen LogP contribution in [0.25, 0.3) is 0 Å². The molecule has 1 saturated carbocycles. The summed E-state index contributed by atoms with van der Waals surface area (Å²) >= 11 is 6.26. The van der Waals surface area contributed by atoms with E-state index in [1.165, 1.54) is 5.56 Å². The molecular formula is C17H22ClN3O2. The van der Waals surface area contributed by atoms with E-state index in [0.29, 0.717) is 17.1 Å². The highest BCUT2D eigenvalue weighted by Crippen LogP contribution is 2.62. The van der Waals surface area contributed by atoms with Gasteiger partial charge in [-0.25, -0.2) is 14.9 Å².